The van der Waals surface area contributed by atoms with Crippen molar-refractivity contribution in [1.29, 1.82) is 0 Å². The molecule has 0 radical (unpaired) electrons. The van der Waals surface area contributed by atoms with E-state index in [0.717, 1.165) is 35.5 Å². The zero-order valence-electron chi connectivity index (χ0n) is 20.8. The Morgan fingerprint density at radius 2 is 1.66 bits per heavy atom. The monoisotopic (exact) mass is 398 g/mol. The maximum absolute atomic E-state index is 2.76. The van der Waals surface area contributed by atoms with E-state index in [0.29, 0.717) is 16.2 Å². The molecule has 0 nitrogen and oxygen atoms in total. The van der Waals surface area contributed by atoms with Crippen LogP contribution in [0, 0.1) is 51.8 Å². The van der Waals surface area contributed by atoms with Gasteiger partial charge in [0.15, 0.2) is 0 Å². The molecule has 0 aromatic rings. The second-order valence-electron chi connectivity index (χ2n) is 13.6. The Balaban J connectivity index is 1.50. The van der Waals surface area contributed by atoms with Gasteiger partial charge in [-0.05, 0) is 103 Å². The van der Waals surface area contributed by atoms with Gasteiger partial charge in [-0.1, -0.05) is 79.4 Å². The van der Waals surface area contributed by atoms with Crippen LogP contribution in [0.4, 0.5) is 0 Å². The lowest BCUT2D eigenvalue weighted by Gasteiger charge is -2.59. The first-order chi connectivity index (χ1) is 13.6. The molecule has 0 aliphatic heterocycles. The van der Waals surface area contributed by atoms with Crippen LogP contribution in [0.15, 0.2) is 11.6 Å². The van der Waals surface area contributed by atoms with E-state index in [-0.39, 0.29) is 0 Å². The molecule has 0 bridgehead atoms. The Morgan fingerprint density at radius 1 is 0.897 bits per heavy atom. The van der Waals surface area contributed by atoms with Crippen LogP contribution in [0.3, 0.4) is 0 Å². The Morgan fingerprint density at radius 3 is 2.38 bits per heavy atom. The van der Waals surface area contributed by atoms with Gasteiger partial charge in [-0.3, -0.25) is 0 Å². The molecule has 3 fully saturated rings. The molecule has 0 heterocycles. The number of rotatable bonds is 5. The highest BCUT2D eigenvalue weighted by Gasteiger charge is 2.59. The quantitative estimate of drug-likeness (QED) is 0.405. The van der Waals surface area contributed by atoms with Crippen molar-refractivity contribution in [2.45, 2.75) is 119 Å². The van der Waals surface area contributed by atoms with E-state index in [1.54, 1.807) is 0 Å². The molecule has 0 aromatic carbocycles. The van der Waals surface area contributed by atoms with Crippen LogP contribution >= 0.6 is 0 Å². The molecule has 0 heteroatoms. The van der Waals surface area contributed by atoms with Crippen molar-refractivity contribution >= 4 is 0 Å². The van der Waals surface area contributed by atoms with Crippen LogP contribution in [0.1, 0.15) is 119 Å². The SMILES string of the molecule is CC(C)CCC[C@@H](C)[C@H]1CC[C@H]2[C@@H]3CC=C4CC(C)(C)CC[C@]4(C)[C@H]3CC[C@]12C. The van der Waals surface area contributed by atoms with Gasteiger partial charge >= 0.3 is 0 Å². The van der Waals surface area contributed by atoms with Crippen molar-refractivity contribution in [3.8, 4) is 0 Å². The van der Waals surface area contributed by atoms with Crippen LogP contribution in [0.5, 0.6) is 0 Å². The summed E-state index contributed by atoms with van der Waals surface area (Å²) >= 11 is 0. The summed E-state index contributed by atoms with van der Waals surface area (Å²) in [6.45, 7) is 17.8. The van der Waals surface area contributed by atoms with Gasteiger partial charge in [0.2, 0.25) is 0 Å². The minimum atomic E-state index is 0.529. The first kappa shape index (κ1) is 22.0. The fourth-order valence-corrected chi connectivity index (χ4v) is 9.00. The molecule has 0 amide bonds. The number of hydrogen-bond donors (Lipinski definition) is 0. The van der Waals surface area contributed by atoms with Crippen LogP contribution in [-0.4, -0.2) is 0 Å². The molecule has 29 heavy (non-hydrogen) atoms. The van der Waals surface area contributed by atoms with E-state index in [4.69, 9.17) is 0 Å². The predicted molar refractivity (Wildman–Crippen MR) is 127 cm³/mol. The lowest BCUT2D eigenvalue weighted by Crippen LogP contribution is -2.51. The summed E-state index contributed by atoms with van der Waals surface area (Å²) in [5, 5.41) is 0. The van der Waals surface area contributed by atoms with Gasteiger partial charge in [0, 0.05) is 0 Å². The number of allylic oxidation sites excluding steroid dienone is 2. The van der Waals surface area contributed by atoms with Gasteiger partial charge in [-0.2, -0.15) is 0 Å². The standard InChI is InChI=1S/C29H50/c1-20(2)9-8-10-21(3)24-13-14-25-23-12-11-22-19-27(4,5)17-18-28(22,6)26(23)15-16-29(24,25)7/h11,20-21,23-26H,8-10,12-19H2,1-7H3/t21-,23+,24-,25+,26+,28+,29-/m1/s1. The molecule has 4 aliphatic carbocycles. The van der Waals surface area contributed by atoms with Crippen molar-refractivity contribution in [2.75, 3.05) is 0 Å². The van der Waals surface area contributed by atoms with Gasteiger partial charge in [-0.15, -0.1) is 0 Å². The van der Waals surface area contributed by atoms with E-state index in [2.05, 4.69) is 54.5 Å². The maximum Gasteiger partial charge on any atom is -0.00849 e. The second kappa shape index (κ2) is 7.70. The fourth-order valence-electron chi connectivity index (χ4n) is 9.00. The molecule has 0 unspecified atom stereocenters. The highest BCUT2D eigenvalue weighted by atomic mass is 14.6. The Hall–Kier alpha value is -0.260. The predicted octanol–water partition coefficient (Wildman–Crippen LogP) is 9.05. The van der Waals surface area contributed by atoms with Crippen molar-refractivity contribution in [3.63, 3.8) is 0 Å². The highest BCUT2D eigenvalue weighted by Crippen LogP contribution is 2.68. The molecule has 4 aliphatic rings. The molecule has 4 rings (SSSR count). The van der Waals surface area contributed by atoms with Gasteiger partial charge in [0.1, 0.15) is 0 Å². The van der Waals surface area contributed by atoms with Gasteiger partial charge < -0.3 is 0 Å². The lowest BCUT2D eigenvalue weighted by atomic mass is 9.45. The van der Waals surface area contributed by atoms with E-state index in [1.165, 1.54) is 70.6 Å². The summed E-state index contributed by atoms with van der Waals surface area (Å²) in [7, 11) is 0. The first-order valence-corrected chi connectivity index (χ1v) is 13.3. The zero-order chi connectivity index (χ0) is 21.0. The third-order valence-corrected chi connectivity index (χ3v) is 10.8. The largest absolute Gasteiger partial charge is 0.0845 e. The zero-order valence-corrected chi connectivity index (χ0v) is 20.8. The Bertz CT molecular complexity index is 624. The molecule has 0 N–H and O–H groups in total. The van der Waals surface area contributed by atoms with E-state index in [9.17, 15) is 0 Å². The third kappa shape index (κ3) is 3.78. The average Bonchev–Trinajstić information content (AvgIpc) is 2.99. The van der Waals surface area contributed by atoms with Gasteiger partial charge in [0.05, 0.1) is 0 Å². The number of fused-ring (bicyclic) bond motifs is 5. The van der Waals surface area contributed by atoms with Crippen LogP contribution in [0.2, 0.25) is 0 Å². The molecular weight excluding hydrogens is 348 g/mol. The Labute approximate surface area is 182 Å². The summed E-state index contributed by atoms with van der Waals surface area (Å²) in [4.78, 5) is 0. The first-order valence-electron chi connectivity index (χ1n) is 13.3. The average molecular weight is 399 g/mol. The van der Waals surface area contributed by atoms with Crippen molar-refractivity contribution in [3.05, 3.63) is 11.6 Å². The normalized spacial score (nSPS) is 44.6. The van der Waals surface area contributed by atoms with Gasteiger partial charge in [0.25, 0.3) is 0 Å². The number of hydrogen-bond acceptors (Lipinski definition) is 0. The molecular formula is C29H50. The lowest BCUT2D eigenvalue weighted by molar-refractivity contribution is -0.0563. The van der Waals surface area contributed by atoms with Crippen LogP contribution < -0.4 is 0 Å². The van der Waals surface area contributed by atoms with Crippen molar-refractivity contribution < 1.29 is 0 Å². The smallest absolute Gasteiger partial charge is 0.00849 e. The summed E-state index contributed by atoms with van der Waals surface area (Å²) in [5.41, 5.74) is 3.55. The maximum atomic E-state index is 2.76. The molecule has 0 saturated heterocycles. The minimum absolute atomic E-state index is 0.529. The molecule has 7 atom stereocenters. The van der Waals surface area contributed by atoms with Crippen molar-refractivity contribution in [1.82, 2.24) is 0 Å². The molecule has 3 saturated carbocycles. The van der Waals surface area contributed by atoms with E-state index >= 15 is 0 Å². The highest BCUT2D eigenvalue weighted by molar-refractivity contribution is 5.26. The molecule has 0 aromatic heterocycles. The third-order valence-electron chi connectivity index (χ3n) is 10.8. The fraction of sp³-hybridized carbons (Fsp3) is 0.931. The summed E-state index contributed by atoms with van der Waals surface area (Å²) < 4.78 is 0. The van der Waals surface area contributed by atoms with E-state index in [1.807, 2.05) is 5.57 Å². The second-order valence-corrected chi connectivity index (χ2v) is 13.6. The van der Waals surface area contributed by atoms with Crippen molar-refractivity contribution in [2.24, 2.45) is 51.8 Å². The topological polar surface area (TPSA) is 0 Å². The summed E-state index contributed by atoms with van der Waals surface area (Å²) in [5.74, 6) is 5.76. The summed E-state index contributed by atoms with van der Waals surface area (Å²) in [6, 6.07) is 0. The van der Waals surface area contributed by atoms with Gasteiger partial charge in [-0.25, -0.2) is 0 Å². The molecule has 0 spiro atoms. The molecule has 166 valence electrons. The minimum Gasteiger partial charge on any atom is -0.0845 e. The van der Waals surface area contributed by atoms with E-state index < -0.39 is 0 Å². The van der Waals surface area contributed by atoms with Crippen LogP contribution in [-0.2, 0) is 0 Å². The summed E-state index contributed by atoms with van der Waals surface area (Å²) in [6.07, 6.45) is 18.8. The Kier molecular flexibility index (Phi) is 5.83. The van der Waals surface area contributed by atoms with Crippen LogP contribution in [0.25, 0.3) is 0 Å².